The van der Waals surface area contributed by atoms with Gasteiger partial charge in [-0.3, -0.25) is 10.1 Å². The molecule has 0 aliphatic rings. The molecule has 0 spiro atoms. The van der Waals surface area contributed by atoms with E-state index in [1.54, 1.807) is 6.07 Å². The van der Waals surface area contributed by atoms with E-state index in [9.17, 15) is 10.1 Å². The third-order valence-corrected chi connectivity index (χ3v) is 2.56. The summed E-state index contributed by atoms with van der Waals surface area (Å²) in [5.41, 5.74) is 0.695. The number of anilines is 1. The summed E-state index contributed by atoms with van der Waals surface area (Å²) in [6, 6.07) is 4.39. The number of hydrogen-bond donors (Lipinski definition) is 1. The van der Waals surface area contributed by atoms with Gasteiger partial charge in [-0.1, -0.05) is 11.6 Å². The number of rotatable bonds is 7. The highest BCUT2D eigenvalue weighted by Gasteiger charge is 2.08. The van der Waals surface area contributed by atoms with Crippen LogP contribution < -0.4 is 5.32 Å². The van der Waals surface area contributed by atoms with Crippen molar-refractivity contribution in [1.29, 1.82) is 0 Å². The standard InChI is InChI=1S/C12H17ClN2O3/c1-9(2)18-7-3-6-14-12-5-4-10(15(16)17)8-11(12)13/h4-5,8-9,14H,3,6-7H2,1-2H3. The molecule has 0 aliphatic carbocycles. The third-order valence-electron chi connectivity index (χ3n) is 2.25. The van der Waals surface area contributed by atoms with Gasteiger partial charge in [-0.15, -0.1) is 0 Å². The van der Waals surface area contributed by atoms with Crippen LogP contribution in [0.4, 0.5) is 11.4 Å². The molecule has 0 saturated heterocycles. The van der Waals surface area contributed by atoms with E-state index in [1.165, 1.54) is 12.1 Å². The third kappa shape index (κ3) is 4.89. The molecule has 0 radical (unpaired) electrons. The van der Waals surface area contributed by atoms with Crippen LogP contribution in [-0.2, 0) is 4.74 Å². The molecule has 0 amide bonds. The molecule has 1 aromatic rings. The minimum Gasteiger partial charge on any atom is -0.384 e. The first-order valence-corrected chi connectivity index (χ1v) is 6.18. The Hall–Kier alpha value is -1.33. The number of benzene rings is 1. The van der Waals surface area contributed by atoms with E-state index < -0.39 is 4.92 Å². The van der Waals surface area contributed by atoms with Gasteiger partial charge in [-0.2, -0.15) is 0 Å². The Morgan fingerprint density at radius 3 is 2.78 bits per heavy atom. The Morgan fingerprint density at radius 1 is 1.50 bits per heavy atom. The molecule has 0 aliphatic heterocycles. The molecular weight excluding hydrogens is 256 g/mol. The van der Waals surface area contributed by atoms with Crippen molar-refractivity contribution in [3.05, 3.63) is 33.3 Å². The normalized spacial score (nSPS) is 10.7. The van der Waals surface area contributed by atoms with Crippen LogP contribution in [0.3, 0.4) is 0 Å². The molecule has 0 atom stereocenters. The van der Waals surface area contributed by atoms with Gasteiger partial charge >= 0.3 is 0 Å². The fourth-order valence-electron chi connectivity index (χ4n) is 1.38. The minimum atomic E-state index is -0.466. The van der Waals surface area contributed by atoms with Crippen LogP contribution in [0.2, 0.25) is 5.02 Å². The molecule has 1 rings (SSSR count). The summed E-state index contributed by atoms with van der Waals surface area (Å²) in [5, 5.41) is 14.0. The van der Waals surface area contributed by atoms with Gasteiger partial charge in [0.1, 0.15) is 0 Å². The van der Waals surface area contributed by atoms with Crippen LogP contribution in [0.25, 0.3) is 0 Å². The Balaban J connectivity index is 2.41. The second kappa shape index (κ2) is 7.18. The summed E-state index contributed by atoms with van der Waals surface area (Å²) >= 11 is 5.94. The van der Waals surface area contributed by atoms with Crippen LogP contribution in [0.1, 0.15) is 20.3 Å². The lowest BCUT2D eigenvalue weighted by molar-refractivity contribution is -0.384. The van der Waals surface area contributed by atoms with E-state index >= 15 is 0 Å². The zero-order valence-corrected chi connectivity index (χ0v) is 11.2. The lowest BCUT2D eigenvalue weighted by atomic mass is 10.2. The largest absolute Gasteiger partial charge is 0.384 e. The van der Waals surface area contributed by atoms with Crippen molar-refractivity contribution in [1.82, 2.24) is 0 Å². The predicted octanol–water partition coefficient (Wildman–Crippen LogP) is 3.48. The number of nitro benzene ring substituents is 1. The van der Waals surface area contributed by atoms with Crippen LogP contribution >= 0.6 is 11.6 Å². The molecule has 0 saturated carbocycles. The molecule has 1 N–H and O–H groups in total. The van der Waals surface area contributed by atoms with Gasteiger partial charge in [0.05, 0.1) is 21.7 Å². The Kier molecular flexibility index (Phi) is 5.88. The molecule has 0 fully saturated rings. The number of hydrogen-bond acceptors (Lipinski definition) is 4. The number of nitrogens with zero attached hydrogens (tertiary/aromatic N) is 1. The zero-order chi connectivity index (χ0) is 13.5. The fourth-order valence-corrected chi connectivity index (χ4v) is 1.62. The SMILES string of the molecule is CC(C)OCCCNc1ccc([N+](=O)[O-])cc1Cl. The zero-order valence-electron chi connectivity index (χ0n) is 10.5. The lowest BCUT2D eigenvalue weighted by Gasteiger charge is -2.10. The molecule has 0 unspecified atom stereocenters. The summed E-state index contributed by atoms with van der Waals surface area (Å²) in [6.45, 7) is 5.36. The van der Waals surface area contributed by atoms with E-state index in [-0.39, 0.29) is 11.8 Å². The molecule has 0 aromatic heterocycles. The van der Waals surface area contributed by atoms with Gasteiger partial charge in [0.2, 0.25) is 0 Å². The molecule has 0 bridgehead atoms. The summed E-state index contributed by atoms with van der Waals surface area (Å²) in [6.07, 6.45) is 1.08. The average Bonchev–Trinajstić information content (AvgIpc) is 2.29. The second-order valence-electron chi connectivity index (χ2n) is 4.12. The first-order chi connectivity index (χ1) is 8.50. The maximum atomic E-state index is 10.5. The van der Waals surface area contributed by atoms with Crippen LogP contribution in [0.15, 0.2) is 18.2 Å². The van der Waals surface area contributed by atoms with Gasteiger partial charge in [-0.05, 0) is 26.3 Å². The number of nitrogens with one attached hydrogen (secondary N) is 1. The highest BCUT2D eigenvalue weighted by atomic mass is 35.5. The van der Waals surface area contributed by atoms with E-state index in [4.69, 9.17) is 16.3 Å². The van der Waals surface area contributed by atoms with Gasteiger partial charge in [0.15, 0.2) is 0 Å². The molecule has 100 valence electrons. The Bertz CT molecular complexity index is 410. The maximum absolute atomic E-state index is 10.5. The number of ether oxygens (including phenoxy) is 1. The molecule has 5 nitrogen and oxygen atoms in total. The average molecular weight is 273 g/mol. The van der Waals surface area contributed by atoms with Crippen LogP contribution in [-0.4, -0.2) is 24.2 Å². The quantitative estimate of drug-likeness (QED) is 0.469. The van der Waals surface area contributed by atoms with Gasteiger partial charge < -0.3 is 10.1 Å². The van der Waals surface area contributed by atoms with Crippen LogP contribution in [0, 0.1) is 10.1 Å². The van der Waals surface area contributed by atoms with E-state index in [0.29, 0.717) is 23.9 Å². The Labute approximate surface area is 111 Å². The van der Waals surface area contributed by atoms with Gasteiger partial charge in [-0.25, -0.2) is 0 Å². The van der Waals surface area contributed by atoms with Crippen molar-refractivity contribution in [3.63, 3.8) is 0 Å². The van der Waals surface area contributed by atoms with Gasteiger partial charge in [0, 0.05) is 25.3 Å². The summed E-state index contributed by atoms with van der Waals surface area (Å²) < 4.78 is 5.40. The summed E-state index contributed by atoms with van der Waals surface area (Å²) in [7, 11) is 0. The topological polar surface area (TPSA) is 64.4 Å². The van der Waals surface area contributed by atoms with E-state index in [0.717, 1.165) is 6.42 Å². The lowest BCUT2D eigenvalue weighted by Crippen LogP contribution is -2.09. The predicted molar refractivity (Wildman–Crippen MR) is 72.3 cm³/mol. The molecular formula is C12H17ClN2O3. The first kappa shape index (κ1) is 14.7. The first-order valence-electron chi connectivity index (χ1n) is 5.80. The number of nitro groups is 1. The molecule has 6 heteroatoms. The van der Waals surface area contributed by atoms with E-state index in [2.05, 4.69) is 5.32 Å². The van der Waals surface area contributed by atoms with Crippen molar-refractivity contribution in [2.24, 2.45) is 0 Å². The van der Waals surface area contributed by atoms with Crippen molar-refractivity contribution < 1.29 is 9.66 Å². The van der Waals surface area contributed by atoms with Crippen molar-refractivity contribution in [3.8, 4) is 0 Å². The van der Waals surface area contributed by atoms with Gasteiger partial charge in [0.25, 0.3) is 5.69 Å². The smallest absolute Gasteiger partial charge is 0.271 e. The monoisotopic (exact) mass is 272 g/mol. The number of halogens is 1. The van der Waals surface area contributed by atoms with Crippen LogP contribution in [0.5, 0.6) is 0 Å². The van der Waals surface area contributed by atoms with Crippen molar-refractivity contribution in [2.45, 2.75) is 26.4 Å². The van der Waals surface area contributed by atoms with Crippen molar-refractivity contribution >= 4 is 23.0 Å². The summed E-state index contributed by atoms with van der Waals surface area (Å²) in [5.74, 6) is 0. The molecule has 0 heterocycles. The van der Waals surface area contributed by atoms with Crippen molar-refractivity contribution in [2.75, 3.05) is 18.5 Å². The Morgan fingerprint density at radius 2 is 2.22 bits per heavy atom. The fraction of sp³-hybridized carbons (Fsp3) is 0.500. The maximum Gasteiger partial charge on any atom is 0.271 e. The van der Waals surface area contributed by atoms with E-state index in [1.807, 2.05) is 13.8 Å². The highest BCUT2D eigenvalue weighted by Crippen LogP contribution is 2.26. The highest BCUT2D eigenvalue weighted by molar-refractivity contribution is 6.33. The molecule has 1 aromatic carbocycles. The minimum absolute atomic E-state index is 0.00584. The second-order valence-corrected chi connectivity index (χ2v) is 4.53. The number of non-ortho nitro benzene ring substituents is 1. The molecule has 18 heavy (non-hydrogen) atoms. The summed E-state index contributed by atoms with van der Waals surface area (Å²) in [4.78, 5) is 10.1.